The number of urea groups is 1. The van der Waals surface area contributed by atoms with Gasteiger partial charge in [-0.3, -0.25) is 4.79 Å². The number of carbonyl (C=O) groups is 3. The van der Waals surface area contributed by atoms with Gasteiger partial charge in [0.2, 0.25) is 5.91 Å². The Kier molecular flexibility index (Phi) is 4.12. The number of carbonyl (C=O) groups excluding carboxylic acids is 3. The van der Waals surface area contributed by atoms with Crippen molar-refractivity contribution < 1.29 is 14.4 Å². The molecule has 0 radical (unpaired) electrons. The Hall–Kier alpha value is -2.37. The number of nitrogens with zero attached hydrogens (tertiary/aromatic N) is 2. The second-order valence-electron chi connectivity index (χ2n) is 4.12. The van der Waals surface area contributed by atoms with Crippen LogP contribution in [-0.2, 0) is 9.59 Å². The maximum Gasteiger partial charge on any atom is 0.341 e. The predicted octanol–water partition coefficient (Wildman–Crippen LogP) is 0.939. The lowest BCUT2D eigenvalue weighted by Gasteiger charge is -2.31. The minimum atomic E-state index is -0.478. The predicted molar refractivity (Wildman–Crippen MR) is 69.3 cm³/mol. The quantitative estimate of drug-likeness (QED) is 0.820. The third kappa shape index (κ3) is 2.90. The molecule has 3 amide bonds. The SMILES string of the molecule is O=CCNC(=O)N(c1ccccc1)N1CCCC1=O. The van der Waals surface area contributed by atoms with Crippen molar-refractivity contribution in [1.29, 1.82) is 0 Å². The number of amides is 3. The van der Waals surface area contributed by atoms with E-state index in [2.05, 4.69) is 5.32 Å². The molecule has 1 N–H and O–H groups in total. The molecule has 0 unspecified atom stereocenters. The molecule has 1 aromatic rings. The minimum absolute atomic E-state index is 0.0792. The summed E-state index contributed by atoms with van der Waals surface area (Å²) in [6, 6.07) is 8.41. The summed E-state index contributed by atoms with van der Waals surface area (Å²) in [5, 5.41) is 5.16. The summed E-state index contributed by atoms with van der Waals surface area (Å²) in [7, 11) is 0. The molecule has 100 valence electrons. The van der Waals surface area contributed by atoms with Crippen molar-refractivity contribution in [2.75, 3.05) is 18.1 Å². The van der Waals surface area contributed by atoms with Gasteiger partial charge in [-0.2, -0.15) is 0 Å². The maximum atomic E-state index is 12.1. The highest BCUT2D eigenvalue weighted by Crippen LogP contribution is 2.21. The number of anilines is 1. The monoisotopic (exact) mass is 261 g/mol. The van der Waals surface area contributed by atoms with Crippen molar-refractivity contribution >= 4 is 23.9 Å². The van der Waals surface area contributed by atoms with Crippen LogP contribution in [0.3, 0.4) is 0 Å². The van der Waals surface area contributed by atoms with Gasteiger partial charge in [-0.25, -0.2) is 14.8 Å². The summed E-state index contributed by atoms with van der Waals surface area (Å²) < 4.78 is 0. The van der Waals surface area contributed by atoms with E-state index in [-0.39, 0.29) is 12.5 Å². The summed E-state index contributed by atoms with van der Waals surface area (Å²) in [6.45, 7) is 0.423. The minimum Gasteiger partial charge on any atom is -0.329 e. The standard InChI is InChI=1S/C13H15N3O3/c17-10-8-14-13(19)16(11-5-2-1-3-6-11)15-9-4-7-12(15)18/h1-3,5-6,10H,4,7-9H2,(H,14,19). The van der Waals surface area contributed by atoms with E-state index in [1.54, 1.807) is 24.3 Å². The molecule has 6 nitrogen and oxygen atoms in total. The van der Waals surface area contributed by atoms with E-state index in [1.807, 2.05) is 6.07 Å². The van der Waals surface area contributed by atoms with Gasteiger partial charge in [0.1, 0.15) is 6.29 Å². The van der Waals surface area contributed by atoms with Crippen LogP contribution in [-0.4, -0.2) is 36.3 Å². The Morgan fingerprint density at radius 1 is 1.37 bits per heavy atom. The van der Waals surface area contributed by atoms with Crippen LogP contribution in [0.15, 0.2) is 30.3 Å². The Morgan fingerprint density at radius 3 is 2.68 bits per heavy atom. The van der Waals surface area contributed by atoms with Crippen LogP contribution >= 0.6 is 0 Å². The molecule has 1 saturated heterocycles. The molecule has 1 aliphatic heterocycles. The fourth-order valence-electron chi connectivity index (χ4n) is 1.98. The van der Waals surface area contributed by atoms with E-state index in [1.165, 1.54) is 10.0 Å². The molecule has 6 heteroatoms. The van der Waals surface area contributed by atoms with Crippen LogP contribution in [0.1, 0.15) is 12.8 Å². The van der Waals surface area contributed by atoms with E-state index >= 15 is 0 Å². The van der Waals surface area contributed by atoms with Crippen molar-refractivity contribution in [2.24, 2.45) is 0 Å². The molecule has 0 bridgehead atoms. The molecule has 19 heavy (non-hydrogen) atoms. The fourth-order valence-corrected chi connectivity index (χ4v) is 1.98. The lowest BCUT2D eigenvalue weighted by atomic mass is 10.3. The van der Waals surface area contributed by atoms with Gasteiger partial charge in [0.25, 0.3) is 0 Å². The average Bonchev–Trinajstić information content (AvgIpc) is 2.84. The number of rotatable bonds is 4. The number of benzene rings is 1. The number of hydrogen-bond donors (Lipinski definition) is 1. The first kappa shape index (κ1) is 13.1. The summed E-state index contributed by atoms with van der Waals surface area (Å²) in [6.07, 6.45) is 1.76. The zero-order valence-corrected chi connectivity index (χ0v) is 10.4. The fraction of sp³-hybridized carbons (Fsp3) is 0.308. The number of aldehydes is 1. The second kappa shape index (κ2) is 5.99. The smallest absolute Gasteiger partial charge is 0.329 e. The third-order valence-corrected chi connectivity index (χ3v) is 2.82. The van der Waals surface area contributed by atoms with Crippen LogP contribution in [0.5, 0.6) is 0 Å². The molecule has 0 aliphatic carbocycles. The van der Waals surface area contributed by atoms with Crippen LogP contribution in [0.25, 0.3) is 0 Å². The van der Waals surface area contributed by atoms with Crippen molar-refractivity contribution in [3.63, 3.8) is 0 Å². The number of para-hydroxylation sites is 1. The first-order chi connectivity index (χ1) is 9.24. The van der Waals surface area contributed by atoms with Crippen LogP contribution < -0.4 is 10.3 Å². The molecular weight excluding hydrogens is 246 g/mol. The molecule has 0 spiro atoms. The van der Waals surface area contributed by atoms with Crippen molar-refractivity contribution in [2.45, 2.75) is 12.8 Å². The summed E-state index contributed by atoms with van der Waals surface area (Å²) >= 11 is 0. The topological polar surface area (TPSA) is 69.7 Å². The van der Waals surface area contributed by atoms with E-state index in [4.69, 9.17) is 0 Å². The van der Waals surface area contributed by atoms with E-state index in [0.717, 1.165) is 6.42 Å². The Morgan fingerprint density at radius 2 is 2.11 bits per heavy atom. The molecule has 2 rings (SSSR count). The van der Waals surface area contributed by atoms with Crippen molar-refractivity contribution in [1.82, 2.24) is 10.3 Å². The first-order valence-corrected chi connectivity index (χ1v) is 6.11. The highest BCUT2D eigenvalue weighted by atomic mass is 16.2. The van der Waals surface area contributed by atoms with Crippen molar-refractivity contribution in [3.8, 4) is 0 Å². The van der Waals surface area contributed by atoms with Gasteiger partial charge in [0.15, 0.2) is 0 Å². The van der Waals surface area contributed by atoms with Crippen LogP contribution in [0, 0.1) is 0 Å². The second-order valence-corrected chi connectivity index (χ2v) is 4.12. The van der Waals surface area contributed by atoms with Gasteiger partial charge in [-0.05, 0) is 18.6 Å². The highest BCUT2D eigenvalue weighted by molar-refractivity contribution is 5.96. The third-order valence-electron chi connectivity index (χ3n) is 2.82. The van der Waals surface area contributed by atoms with Gasteiger partial charge in [-0.15, -0.1) is 0 Å². The largest absolute Gasteiger partial charge is 0.341 e. The first-order valence-electron chi connectivity index (χ1n) is 6.11. The summed E-state index contributed by atoms with van der Waals surface area (Å²) in [5.74, 6) is -0.0925. The summed E-state index contributed by atoms with van der Waals surface area (Å²) in [5.41, 5.74) is 0.598. The normalized spacial score (nSPS) is 14.3. The van der Waals surface area contributed by atoms with Gasteiger partial charge in [0.05, 0.1) is 12.2 Å². The van der Waals surface area contributed by atoms with Crippen LogP contribution in [0.2, 0.25) is 0 Å². The molecule has 1 heterocycles. The molecule has 0 aromatic heterocycles. The molecule has 1 fully saturated rings. The molecule has 1 aromatic carbocycles. The molecule has 0 saturated carbocycles. The van der Waals surface area contributed by atoms with E-state index in [0.29, 0.717) is 24.9 Å². The Bertz CT molecular complexity index is 475. The van der Waals surface area contributed by atoms with E-state index in [9.17, 15) is 14.4 Å². The molecule has 1 aliphatic rings. The van der Waals surface area contributed by atoms with Gasteiger partial charge in [-0.1, -0.05) is 18.2 Å². The average molecular weight is 261 g/mol. The van der Waals surface area contributed by atoms with E-state index < -0.39 is 6.03 Å². The van der Waals surface area contributed by atoms with Gasteiger partial charge >= 0.3 is 6.03 Å². The van der Waals surface area contributed by atoms with Crippen molar-refractivity contribution in [3.05, 3.63) is 30.3 Å². The molecule has 0 atom stereocenters. The highest BCUT2D eigenvalue weighted by Gasteiger charge is 2.30. The molecular formula is C13H15N3O3. The lowest BCUT2D eigenvalue weighted by molar-refractivity contribution is -0.127. The summed E-state index contributed by atoms with van der Waals surface area (Å²) in [4.78, 5) is 34.2. The number of hydrazine groups is 1. The van der Waals surface area contributed by atoms with Gasteiger partial charge < -0.3 is 10.1 Å². The van der Waals surface area contributed by atoms with Crippen LogP contribution in [0.4, 0.5) is 10.5 Å². The Labute approximate surface area is 111 Å². The zero-order valence-electron chi connectivity index (χ0n) is 10.4. The number of nitrogens with one attached hydrogen (secondary N) is 1. The Balaban J connectivity index is 2.25. The zero-order chi connectivity index (χ0) is 13.7. The number of hydrogen-bond acceptors (Lipinski definition) is 3. The maximum absolute atomic E-state index is 12.1. The lowest BCUT2D eigenvalue weighted by Crippen LogP contribution is -2.52. The van der Waals surface area contributed by atoms with Gasteiger partial charge in [0, 0.05) is 13.0 Å².